The monoisotopic (exact) mass is 286 g/mol. The Bertz CT molecular complexity index is 548. The number of rotatable bonds is 4. The molecule has 0 aromatic carbocycles. The summed E-state index contributed by atoms with van der Waals surface area (Å²) >= 11 is 1.92. The van der Waals surface area contributed by atoms with Gasteiger partial charge in [-0.2, -0.15) is 0 Å². The number of hydrogen-bond donors (Lipinski definition) is 1. The fourth-order valence-electron chi connectivity index (χ4n) is 2.81. The van der Waals surface area contributed by atoms with Crippen molar-refractivity contribution in [1.29, 1.82) is 0 Å². The van der Waals surface area contributed by atoms with Gasteiger partial charge >= 0.3 is 0 Å². The molecule has 0 saturated carbocycles. The summed E-state index contributed by atoms with van der Waals surface area (Å²) in [6.45, 7) is 2.15. The smallest absolute Gasteiger partial charge is 0.0446 e. The number of aromatic nitrogens is 1. The minimum Gasteiger partial charge on any atom is -0.323 e. The second-order valence-corrected chi connectivity index (χ2v) is 6.79. The molecule has 3 rings (SSSR count). The zero-order valence-electron chi connectivity index (χ0n) is 12.1. The zero-order valence-corrected chi connectivity index (χ0v) is 12.9. The van der Waals surface area contributed by atoms with Gasteiger partial charge in [0.15, 0.2) is 0 Å². The third-order valence-electron chi connectivity index (χ3n) is 4.10. The first-order valence-corrected chi connectivity index (χ1v) is 8.38. The van der Waals surface area contributed by atoms with Crippen molar-refractivity contribution in [2.75, 3.05) is 0 Å². The number of fused-ring (bicyclic) bond motifs is 1. The first-order valence-electron chi connectivity index (χ1n) is 7.57. The highest BCUT2D eigenvalue weighted by atomic mass is 32.1. The molecule has 2 aromatic heterocycles. The van der Waals surface area contributed by atoms with Crippen molar-refractivity contribution >= 4 is 11.3 Å². The van der Waals surface area contributed by atoms with Gasteiger partial charge in [0, 0.05) is 34.1 Å². The van der Waals surface area contributed by atoms with Crippen LogP contribution in [0.3, 0.4) is 0 Å². The maximum Gasteiger partial charge on any atom is 0.0446 e. The van der Waals surface area contributed by atoms with Crippen molar-refractivity contribution in [1.82, 2.24) is 4.98 Å². The van der Waals surface area contributed by atoms with Gasteiger partial charge in [-0.05, 0) is 55.4 Å². The van der Waals surface area contributed by atoms with Crippen LogP contribution in [0.5, 0.6) is 0 Å². The molecule has 20 heavy (non-hydrogen) atoms. The highest BCUT2D eigenvalue weighted by Gasteiger charge is 2.17. The van der Waals surface area contributed by atoms with Gasteiger partial charge in [0.1, 0.15) is 0 Å². The van der Waals surface area contributed by atoms with Crippen LogP contribution < -0.4 is 5.73 Å². The molecular formula is C17H22N2S. The molecule has 0 aliphatic heterocycles. The number of pyridine rings is 1. The molecule has 1 atom stereocenters. The van der Waals surface area contributed by atoms with E-state index in [-0.39, 0.29) is 6.04 Å². The molecule has 2 aromatic rings. The standard InChI is InChI=1S/C17H22N2S/c1-2-12-7-8-14(19-11-12)10-15(18)17-9-13-5-3-4-6-16(13)20-17/h7-9,11,15H,2-6,10,18H2,1H3. The van der Waals surface area contributed by atoms with Crippen molar-refractivity contribution < 1.29 is 0 Å². The average Bonchev–Trinajstić information content (AvgIpc) is 2.92. The van der Waals surface area contributed by atoms with E-state index in [9.17, 15) is 0 Å². The van der Waals surface area contributed by atoms with Gasteiger partial charge in [0.05, 0.1) is 0 Å². The lowest BCUT2D eigenvalue weighted by atomic mass is 9.98. The van der Waals surface area contributed by atoms with Crippen LogP contribution in [0.15, 0.2) is 24.4 Å². The van der Waals surface area contributed by atoms with Crippen LogP contribution in [-0.4, -0.2) is 4.98 Å². The summed E-state index contributed by atoms with van der Waals surface area (Å²) in [6.07, 6.45) is 9.00. The van der Waals surface area contributed by atoms with Crippen LogP contribution in [0.25, 0.3) is 0 Å². The van der Waals surface area contributed by atoms with Crippen LogP contribution in [0.1, 0.15) is 52.4 Å². The van der Waals surface area contributed by atoms with Gasteiger partial charge in [-0.3, -0.25) is 4.98 Å². The predicted molar refractivity (Wildman–Crippen MR) is 85.2 cm³/mol. The molecule has 1 unspecified atom stereocenters. The van der Waals surface area contributed by atoms with Gasteiger partial charge in [0.25, 0.3) is 0 Å². The Morgan fingerprint density at radius 2 is 2.15 bits per heavy atom. The first-order chi connectivity index (χ1) is 9.76. The Labute approximate surface area is 125 Å². The second kappa shape index (κ2) is 6.06. The highest BCUT2D eigenvalue weighted by Crippen LogP contribution is 2.33. The fraction of sp³-hybridized carbons (Fsp3) is 0.471. The minimum atomic E-state index is 0.0885. The Balaban J connectivity index is 1.71. The number of nitrogens with two attached hydrogens (primary N) is 1. The number of hydrogen-bond acceptors (Lipinski definition) is 3. The molecule has 1 aliphatic carbocycles. The molecule has 0 amide bonds. The Kier molecular flexibility index (Phi) is 4.18. The van der Waals surface area contributed by atoms with E-state index in [1.807, 2.05) is 17.5 Å². The maximum atomic E-state index is 6.38. The van der Waals surface area contributed by atoms with E-state index in [2.05, 4.69) is 30.1 Å². The van der Waals surface area contributed by atoms with Crippen LogP contribution in [-0.2, 0) is 25.7 Å². The molecule has 106 valence electrons. The summed E-state index contributed by atoms with van der Waals surface area (Å²) < 4.78 is 0. The molecule has 0 fully saturated rings. The quantitative estimate of drug-likeness (QED) is 0.928. The summed E-state index contributed by atoms with van der Waals surface area (Å²) in [5.41, 5.74) is 10.3. The molecule has 0 bridgehead atoms. The summed E-state index contributed by atoms with van der Waals surface area (Å²) in [5, 5.41) is 0. The SMILES string of the molecule is CCc1ccc(CC(N)c2cc3c(s2)CCCC3)nc1. The van der Waals surface area contributed by atoms with Crippen molar-refractivity contribution in [2.24, 2.45) is 5.73 Å². The maximum absolute atomic E-state index is 6.38. The van der Waals surface area contributed by atoms with E-state index < -0.39 is 0 Å². The number of nitrogens with zero attached hydrogens (tertiary/aromatic N) is 1. The zero-order chi connectivity index (χ0) is 13.9. The first kappa shape index (κ1) is 13.8. The molecule has 0 spiro atoms. The summed E-state index contributed by atoms with van der Waals surface area (Å²) in [5.74, 6) is 0. The molecule has 2 heterocycles. The average molecular weight is 286 g/mol. The lowest BCUT2D eigenvalue weighted by molar-refractivity contribution is 0.694. The van der Waals surface area contributed by atoms with Gasteiger partial charge < -0.3 is 5.73 Å². The highest BCUT2D eigenvalue weighted by molar-refractivity contribution is 7.12. The molecule has 1 aliphatic rings. The third-order valence-corrected chi connectivity index (χ3v) is 5.47. The van der Waals surface area contributed by atoms with E-state index in [4.69, 9.17) is 5.73 Å². The van der Waals surface area contributed by atoms with Gasteiger partial charge in [-0.1, -0.05) is 13.0 Å². The van der Waals surface area contributed by atoms with Crippen LogP contribution in [0.4, 0.5) is 0 Å². The van der Waals surface area contributed by atoms with Crippen LogP contribution >= 0.6 is 11.3 Å². The predicted octanol–water partition coefficient (Wildman–Crippen LogP) is 3.83. The fourth-order valence-corrected chi connectivity index (χ4v) is 4.07. The van der Waals surface area contributed by atoms with Crippen molar-refractivity contribution in [2.45, 2.75) is 51.5 Å². The lowest BCUT2D eigenvalue weighted by Crippen LogP contribution is -2.12. The minimum absolute atomic E-state index is 0.0885. The van der Waals surface area contributed by atoms with Crippen molar-refractivity contribution in [3.8, 4) is 0 Å². The van der Waals surface area contributed by atoms with Crippen LogP contribution in [0.2, 0.25) is 0 Å². The van der Waals surface area contributed by atoms with Gasteiger partial charge in [-0.25, -0.2) is 0 Å². The van der Waals surface area contributed by atoms with E-state index in [1.54, 1.807) is 10.4 Å². The topological polar surface area (TPSA) is 38.9 Å². The molecule has 0 saturated heterocycles. The Morgan fingerprint density at radius 3 is 2.85 bits per heavy atom. The Hall–Kier alpha value is -1.19. The van der Waals surface area contributed by atoms with Gasteiger partial charge in [-0.15, -0.1) is 11.3 Å². The molecule has 2 nitrogen and oxygen atoms in total. The number of thiophene rings is 1. The normalized spacial score (nSPS) is 15.9. The van der Waals surface area contributed by atoms with E-state index in [0.29, 0.717) is 0 Å². The van der Waals surface area contributed by atoms with Crippen molar-refractivity contribution in [3.63, 3.8) is 0 Å². The largest absolute Gasteiger partial charge is 0.323 e. The summed E-state index contributed by atoms with van der Waals surface area (Å²) in [7, 11) is 0. The summed E-state index contributed by atoms with van der Waals surface area (Å²) in [4.78, 5) is 7.42. The molecular weight excluding hydrogens is 264 g/mol. The van der Waals surface area contributed by atoms with E-state index >= 15 is 0 Å². The third kappa shape index (κ3) is 2.94. The lowest BCUT2D eigenvalue weighted by Gasteiger charge is -2.09. The van der Waals surface area contributed by atoms with Crippen molar-refractivity contribution in [3.05, 3.63) is 51.0 Å². The van der Waals surface area contributed by atoms with E-state index in [1.165, 1.54) is 36.1 Å². The van der Waals surface area contributed by atoms with Crippen LogP contribution in [0, 0.1) is 0 Å². The Morgan fingerprint density at radius 1 is 1.30 bits per heavy atom. The molecule has 3 heteroatoms. The number of aryl methyl sites for hydroxylation is 3. The van der Waals surface area contributed by atoms with E-state index in [0.717, 1.165) is 18.5 Å². The molecule has 0 radical (unpaired) electrons. The summed E-state index contributed by atoms with van der Waals surface area (Å²) in [6, 6.07) is 6.70. The second-order valence-electron chi connectivity index (χ2n) is 5.63. The molecule has 2 N–H and O–H groups in total. The van der Waals surface area contributed by atoms with Gasteiger partial charge in [0.2, 0.25) is 0 Å².